The van der Waals surface area contributed by atoms with Gasteiger partial charge in [0, 0.05) is 0 Å². The highest BCUT2D eigenvalue weighted by atomic mass is 14.3. The minimum absolute atomic E-state index is 1.07. The molecule has 0 amide bonds. The van der Waals surface area contributed by atoms with E-state index in [-0.39, 0.29) is 0 Å². The summed E-state index contributed by atoms with van der Waals surface area (Å²) in [5.74, 6) is 2.16. The van der Waals surface area contributed by atoms with Gasteiger partial charge in [0.2, 0.25) is 0 Å². The molecule has 2 atom stereocenters. The summed E-state index contributed by atoms with van der Waals surface area (Å²) < 4.78 is 0. The molecule has 0 bridgehead atoms. The van der Waals surface area contributed by atoms with Crippen molar-refractivity contribution in [2.75, 3.05) is 0 Å². The van der Waals surface area contributed by atoms with Gasteiger partial charge in [-0.3, -0.25) is 0 Å². The van der Waals surface area contributed by atoms with E-state index < -0.39 is 0 Å². The van der Waals surface area contributed by atoms with Crippen LogP contribution in [0.4, 0.5) is 0 Å². The summed E-state index contributed by atoms with van der Waals surface area (Å²) in [7, 11) is 0. The van der Waals surface area contributed by atoms with Crippen LogP contribution in [0.15, 0.2) is 0 Å². The van der Waals surface area contributed by atoms with Crippen molar-refractivity contribution in [1.29, 1.82) is 0 Å². The molecule has 0 saturated heterocycles. The Morgan fingerprint density at radius 3 is 1.33 bits per heavy atom. The average Bonchev–Trinajstić information content (AvgIpc) is 2.63. The summed E-state index contributed by atoms with van der Waals surface area (Å²) in [6, 6.07) is 0. The van der Waals surface area contributed by atoms with Gasteiger partial charge in [-0.25, -0.2) is 0 Å². The summed E-state index contributed by atoms with van der Waals surface area (Å²) in [6.45, 7) is 9.24. The molecule has 0 radical (unpaired) electrons. The lowest BCUT2D eigenvalue weighted by atomic mass is 9.75. The summed E-state index contributed by atoms with van der Waals surface area (Å²) in [4.78, 5) is 0. The van der Waals surface area contributed by atoms with Crippen LogP contribution in [-0.2, 0) is 0 Å². The molecule has 0 heteroatoms. The summed E-state index contributed by atoms with van der Waals surface area (Å²) in [5, 5.41) is 0. The third-order valence-electron chi connectivity index (χ3n) is 5.98. The molecule has 0 aromatic heterocycles. The smallest absolute Gasteiger partial charge is 0.0386 e. The number of unbranched alkanes of at least 4 members (excludes halogenated alkanes) is 10. The Hall–Kier alpha value is 0. The van der Waals surface area contributed by atoms with Gasteiger partial charge in [0.25, 0.3) is 0 Å². The van der Waals surface area contributed by atoms with Crippen LogP contribution >= 0.6 is 0 Å². The lowest BCUT2D eigenvalue weighted by Crippen LogP contribution is -2.18. The van der Waals surface area contributed by atoms with Crippen LogP contribution in [0.5, 0.6) is 0 Å². The number of rotatable bonds is 13. The van der Waals surface area contributed by atoms with Crippen LogP contribution in [-0.4, -0.2) is 0 Å². The van der Waals surface area contributed by atoms with E-state index in [1.807, 2.05) is 0 Å². The molecule has 0 aromatic rings. The van der Waals surface area contributed by atoms with E-state index in [0.29, 0.717) is 0 Å². The molecular formula is C24H50. The van der Waals surface area contributed by atoms with Crippen molar-refractivity contribution in [2.45, 2.75) is 143 Å². The Balaban J connectivity index is 0.000000441. The summed E-state index contributed by atoms with van der Waals surface area (Å²) >= 11 is 0. The second-order valence-electron chi connectivity index (χ2n) is 8.18. The molecule has 1 aliphatic carbocycles. The Bertz CT molecular complexity index is 210. The monoisotopic (exact) mass is 338 g/mol. The van der Waals surface area contributed by atoms with Crippen molar-refractivity contribution in [3.05, 3.63) is 0 Å². The van der Waals surface area contributed by atoms with Crippen molar-refractivity contribution in [1.82, 2.24) is 0 Å². The van der Waals surface area contributed by atoms with Crippen LogP contribution in [0, 0.1) is 11.8 Å². The number of hydrogen-bond acceptors (Lipinski definition) is 0. The maximum atomic E-state index is 2.37. The zero-order valence-corrected chi connectivity index (χ0v) is 17.9. The first-order valence-electron chi connectivity index (χ1n) is 11.8. The predicted octanol–water partition coefficient (Wildman–Crippen LogP) is 9.32. The second kappa shape index (κ2) is 19.3. The van der Waals surface area contributed by atoms with Crippen LogP contribution in [0.25, 0.3) is 0 Å². The van der Waals surface area contributed by atoms with Crippen molar-refractivity contribution in [3.63, 3.8) is 0 Å². The first-order chi connectivity index (χ1) is 11.8. The third-order valence-corrected chi connectivity index (χ3v) is 5.98. The fraction of sp³-hybridized carbons (Fsp3) is 1.00. The molecule has 0 N–H and O–H groups in total. The van der Waals surface area contributed by atoms with Crippen molar-refractivity contribution in [3.8, 4) is 0 Å². The fourth-order valence-electron chi connectivity index (χ4n) is 4.23. The zero-order chi connectivity index (χ0) is 17.9. The highest BCUT2D eigenvalue weighted by molar-refractivity contribution is 4.74. The highest BCUT2D eigenvalue weighted by Crippen LogP contribution is 2.35. The minimum Gasteiger partial charge on any atom is -0.0654 e. The Labute approximate surface area is 155 Å². The molecule has 1 aliphatic rings. The van der Waals surface area contributed by atoms with E-state index in [1.54, 1.807) is 0 Å². The molecule has 0 nitrogen and oxygen atoms in total. The Kier molecular flexibility index (Phi) is 19.3. The summed E-state index contributed by atoms with van der Waals surface area (Å²) in [5.41, 5.74) is 0. The van der Waals surface area contributed by atoms with Gasteiger partial charge in [0.15, 0.2) is 0 Å². The van der Waals surface area contributed by atoms with E-state index >= 15 is 0 Å². The lowest BCUT2D eigenvalue weighted by Gasteiger charge is -2.30. The van der Waals surface area contributed by atoms with Gasteiger partial charge in [-0.2, -0.15) is 0 Å². The first-order valence-corrected chi connectivity index (χ1v) is 11.8. The van der Waals surface area contributed by atoms with Gasteiger partial charge in [-0.05, 0) is 11.8 Å². The molecule has 1 saturated carbocycles. The molecular weight excluding hydrogens is 288 g/mol. The highest BCUT2D eigenvalue weighted by Gasteiger charge is 2.22. The fourth-order valence-corrected chi connectivity index (χ4v) is 4.23. The maximum Gasteiger partial charge on any atom is -0.0386 e. The van der Waals surface area contributed by atoms with E-state index in [2.05, 4.69) is 27.7 Å². The van der Waals surface area contributed by atoms with Crippen LogP contribution < -0.4 is 0 Å². The van der Waals surface area contributed by atoms with Gasteiger partial charge >= 0.3 is 0 Å². The van der Waals surface area contributed by atoms with Crippen LogP contribution in [0.3, 0.4) is 0 Å². The molecule has 1 fully saturated rings. The number of hydrogen-bond donors (Lipinski definition) is 0. The van der Waals surface area contributed by atoms with Crippen molar-refractivity contribution >= 4 is 0 Å². The Morgan fingerprint density at radius 2 is 0.917 bits per heavy atom. The van der Waals surface area contributed by atoms with Gasteiger partial charge in [0.1, 0.15) is 0 Å². The third kappa shape index (κ3) is 14.4. The molecule has 0 aliphatic heterocycles. The lowest BCUT2D eigenvalue weighted by molar-refractivity contribution is 0.214. The van der Waals surface area contributed by atoms with E-state index in [1.165, 1.54) is 116 Å². The molecule has 0 aromatic carbocycles. The topological polar surface area (TPSA) is 0 Å². The van der Waals surface area contributed by atoms with Gasteiger partial charge in [-0.1, -0.05) is 143 Å². The second-order valence-corrected chi connectivity index (χ2v) is 8.18. The normalized spacial score (nSPS) is 20.5. The first kappa shape index (κ1) is 24.0. The average molecular weight is 339 g/mol. The largest absolute Gasteiger partial charge is 0.0654 e. The molecule has 0 heterocycles. The van der Waals surface area contributed by atoms with Crippen molar-refractivity contribution in [2.24, 2.45) is 11.8 Å². The van der Waals surface area contributed by atoms with Crippen LogP contribution in [0.1, 0.15) is 143 Å². The minimum atomic E-state index is 1.07. The van der Waals surface area contributed by atoms with Crippen LogP contribution in [0.2, 0.25) is 0 Å². The van der Waals surface area contributed by atoms with Gasteiger partial charge in [0.05, 0.1) is 0 Å². The molecule has 2 unspecified atom stereocenters. The van der Waals surface area contributed by atoms with E-state index in [0.717, 1.165) is 11.8 Å². The molecule has 24 heavy (non-hydrogen) atoms. The molecule has 1 rings (SSSR count). The predicted molar refractivity (Wildman–Crippen MR) is 113 cm³/mol. The van der Waals surface area contributed by atoms with Gasteiger partial charge in [-0.15, -0.1) is 0 Å². The van der Waals surface area contributed by atoms with Crippen molar-refractivity contribution < 1.29 is 0 Å². The standard InChI is InChI=1S/C12H24.C12H26/c1-3-5-8-12-10-7-6-9-11(12)4-2;1-3-5-7-9-11-12-10-8-6-4-2/h11-12H,3-10H2,1-2H3;3-12H2,1-2H3. The van der Waals surface area contributed by atoms with E-state index in [9.17, 15) is 0 Å². The zero-order valence-electron chi connectivity index (χ0n) is 17.9. The summed E-state index contributed by atoms with van der Waals surface area (Å²) in [6.07, 6.45) is 26.3. The Morgan fingerprint density at radius 1 is 0.500 bits per heavy atom. The van der Waals surface area contributed by atoms with E-state index in [4.69, 9.17) is 0 Å². The van der Waals surface area contributed by atoms with Gasteiger partial charge < -0.3 is 0 Å². The maximum absolute atomic E-state index is 2.37. The molecule has 146 valence electrons. The molecule has 0 spiro atoms. The quantitative estimate of drug-likeness (QED) is 0.293. The SMILES string of the molecule is CCCCC1CCCCC1CC.CCCCCCCCCCCC.